The van der Waals surface area contributed by atoms with Crippen LogP contribution in [0, 0.1) is 0 Å². The highest BCUT2D eigenvalue weighted by molar-refractivity contribution is 5.70. The van der Waals surface area contributed by atoms with Gasteiger partial charge in [0.1, 0.15) is 12.4 Å². The monoisotopic (exact) mass is 269 g/mol. The summed E-state index contributed by atoms with van der Waals surface area (Å²) in [5, 5.41) is 10.0. The maximum atomic E-state index is 10.0. The van der Waals surface area contributed by atoms with Gasteiger partial charge in [0.15, 0.2) is 0 Å². The molecule has 0 bridgehead atoms. The van der Waals surface area contributed by atoms with Gasteiger partial charge < -0.3 is 14.7 Å². The van der Waals surface area contributed by atoms with Gasteiger partial charge in [0.05, 0.1) is 17.8 Å². The highest BCUT2D eigenvalue weighted by Gasteiger charge is 2.20. The van der Waals surface area contributed by atoms with Crippen molar-refractivity contribution in [1.29, 1.82) is 0 Å². The number of fused-ring (bicyclic) bond motifs is 1. The summed E-state index contributed by atoms with van der Waals surface area (Å²) in [5.41, 5.74) is 2.33. The molecule has 0 saturated carbocycles. The maximum Gasteiger partial charge on any atom is 0.143 e. The van der Waals surface area contributed by atoms with Crippen LogP contribution in [0.25, 0.3) is 0 Å². The van der Waals surface area contributed by atoms with Gasteiger partial charge in [-0.15, -0.1) is 0 Å². The van der Waals surface area contributed by atoms with Gasteiger partial charge in [-0.2, -0.15) is 0 Å². The Morgan fingerprint density at radius 2 is 1.75 bits per heavy atom. The molecule has 0 atom stereocenters. The summed E-state index contributed by atoms with van der Waals surface area (Å²) < 4.78 is 5.67. The molecule has 0 saturated heterocycles. The number of benzene rings is 2. The van der Waals surface area contributed by atoms with Gasteiger partial charge in [-0.25, -0.2) is 0 Å². The van der Waals surface area contributed by atoms with Gasteiger partial charge in [0.25, 0.3) is 0 Å². The lowest BCUT2D eigenvalue weighted by molar-refractivity contribution is 0.0786. The van der Waals surface area contributed by atoms with Crippen molar-refractivity contribution in [2.75, 3.05) is 18.1 Å². The number of para-hydroxylation sites is 2. The predicted molar refractivity (Wildman–Crippen MR) is 80.6 cm³/mol. The summed E-state index contributed by atoms with van der Waals surface area (Å²) in [6.45, 7) is 5.11. The molecule has 3 nitrogen and oxygen atoms in total. The van der Waals surface area contributed by atoms with E-state index < -0.39 is 5.60 Å². The van der Waals surface area contributed by atoms with Crippen LogP contribution in [0.1, 0.15) is 19.4 Å². The van der Waals surface area contributed by atoms with Gasteiger partial charge in [-0.05, 0) is 43.7 Å². The SMILES string of the molecule is CC(C)(O)c1ccc(N2CCOc3ccccc32)cc1. The molecule has 1 N–H and O–H groups in total. The van der Waals surface area contributed by atoms with E-state index in [2.05, 4.69) is 23.1 Å². The Labute approximate surface area is 119 Å². The second kappa shape index (κ2) is 4.84. The zero-order valence-corrected chi connectivity index (χ0v) is 11.8. The van der Waals surface area contributed by atoms with Crippen LogP contribution in [-0.4, -0.2) is 18.3 Å². The zero-order chi connectivity index (χ0) is 14.2. The molecule has 2 aromatic carbocycles. The van der Waals surface area contributed by atoms with Gasteiger partial charge in [-0.1, -0.05) is 24.3 Å². The zero-order valence-electron chi connectivity index (χ0n) is 11.8. The first-order valence-electron chi connectivity index (χ1n) is 6.88. The smallest absolute Gasteiger partial charge is 0.143 e. The quantitative estimate of drug-likeness (QED) is 0.906. The molecule has 0 fully saturated rings. The normalized spacial score (nSPS) is 14.7. The Kier molecular flexibility index (Phi) is 3.14. The van der Waals surface area contributed by atoms with E-state index in [1.165, 1.54) is 0 Å². The highest BCUT2D eigenvalue weighted by Crippen LogP contribution is 2.36. The number of anilines is 2. The van der Waals surface area contributed by atoms with Crippen molar-refractivity contribution < 1.29 is 9.84 Å². The first-order chi connectivity index (χ1) is 9.55. The van der Waals surface area contributed by atoms with Crippen molar-refractivity contribution in [2.45, 2.75) is 19.4 Å². The van der Waals surface area contributed by atoms with Crippen LogP contribution in [0.2, 0.25) is 0 Å². The number of hydrogen-bond donors (Lipinski definition) is 1. The molecule has 2 aromatic rings. The molecule has 1 aliphatic heterocycles. The van der Waals surface area contributed by atoms with E-state index in [0.29, 0.717) is 6.61 Å². The Morgan fingerprint density at radius 3 is 2.45 bits per heavy atom. The van der Waals surface area contributed by atoms with Crippen molar-refractivity contribution in [2.24, 2.45) is 0 Å². The van der Waals surface area contributed by atoms with E-state index in [0.717, 1.165) is 29.2 Å². The number of rotatable bonds is 2. The molecule has 20 heavy (non-hydrogen) atoms. The molecule has 104 valence electrons. The lowest BCUT2D eigenvalue weighted by Crippen LogP contribution is -2.28. The van der Waals surface area contributed by atoms with Crippen LogP contribution in [0.4, 0.5) is 11.4 Å². The summed E-state index contributed by atoms with van der Waals surface area (Å²) in [7, 11) is 0. The third-order valence-electron chi connectivity index (χ3n) is 3.61. The summed E-state index contributed by atoms with van der Waals surface area (Å²) >= 11 is 0. The highest BCUT2D eigenvalue weighted by atomic mass is 16.5. The van der Waals surface area contributed by atoms with E-state index >= 15 is 0 Å². The first kappa shape index (κ1) is 13.0. The molecule has 3 rings (SSSR count). The second-order valence-corrected chi connectivity index (χ2v) is 5.57. The second-order valence-electron chi connectivity index (χ2n) is 5.57. The molecular formula is C17H19NO2. The van der Waals surface area contributed by atoms with E-state index in [-0.39, 0.29) is 0 Å². The molecule has 3 heteroatoms. The number of aliphatic hydroxyl groups is 1. The lowest BCUT2D eigenvalue weighted by Gasteiger charge is -2.31. The number of hydrogen-bond acceptors (Lipinski definition) is 3. The topological polar surface area (TPSA) is 32.7 Å². The fourth-order valence-corrected chi connectivity index (χ4v) is 2.49. The van der Waals surface area contributed by atoms with Gasteiger partial charge in [-0.3, -0.25) is 0 Å². The van der Waals surface area contributed by atoms with Crippen LogP contribution in [0.5, 0.6) is 5.75 Å². The first-order valence-corrected chi connectivity index (χ1v) is 6.88. The van der Waals surface area contributed by atoms with Crippen LogP contribution in [0.3, 0.4) is 0 Å². The number of nitrogens with zero attached hydrogens (tertiary/aromatic N) is 1. The van der Waals surface area contributed by atoms with Crippen molar-refractivity contribution in [3.63, 3.8) is 0 Å². The summed E-state index contributed by atoms with van der Waals surface area (Å²) in [6, 6.07) is 16.1. The summed E-state index contributed by atoms with van der Waals surface area (Å²) in [6.07, 6.45) is 0. The van der Waals surface area contributed by atoms with Crippen LogP contribution in [0.15, 0.2) is 48.5 Å². The summed E-state index contributed by atoms with van der Waals surface area (Å²) in [4.78, 5) is 2.24. The van der Waals surface area contributed by atoms with E-state index in [1.54, 1.807) is 13.8 Å². The standard InChI is InChI=1S/C17H19NO2/c1-17(2,19)13-7-9-14(10-8-13)18-11-12-20-16-6-4-3-5-15(16)18/h3-10,19H,11-12H2,1-2H3. The van der Waals surface area contributed by atoms with Crippen molar-refractivity contribution in [3.05, 3.63) is 54.1 Å². The average molecular weight is 269 g/mol. The minimum Gasteiger partial charge on any atom is -0.490 e. The predicted octanol–water partition coefficient (Wildman–Crippen LogP) is 3.44. The van der Waals surface area contributed by atoms with E-state index in [1.807, 2.05) is 30.3 Å². The van der Waals surface area contributed by atoms with Crippen molar-refractivity contribution in [3.8, 4) is 5.75 Å². The van der Waals surface area contributed by atoms with Gasteiger partial charge in [0.2, 0.25) is 0 Å². The van der Waals surface area contributed by atoms with Crippen LogP contribution < -0.4 is 9.64 Å². The third kappa shape index (κ3) is 2.37. The maximum absolute atomic E-state index is 10.0. The Balaban J connectivity index is 1.95. The van der Waals surface area contributed by atoms with Gasteiger partial charge >= 0.3 is 0 Å². The van der Waals surface area contributed by atoms with E-state index in [4.69, 9.17) is 4.74 Å². The van der Waals surface area contributed by atoms with Crippen molar-refractivity contribution >= 4 is 11.4 Å². The Morgan fingerprint density at radius 1 is 1.05 bits per heavy atom. The van der Waals surface area contributed by atoms with E-state index in [9.17, 15) is 5.11 Å². The number of ether oxygens (including phenoxy) is 1. The largest absolute Gasteiger partial charge is 0.490 e. The fourth-order valence-electron chi connectivity index (χ4n) is 2.49. The molecule has 0 aromatic heterocycles. The summed E-state index contributed by atoms with van der Waals surface area (Å²) in [5.74, 6) is 0.922. The molecule has 0 unspecified atom stereocenters. The minimum atomic E-state index is -0.804. The minimum absolute atomic E-state index is 0.685. The van der Waals surface area contributed by atoms with Crippen molar-refractivity contribution in [1.82, 2.24) is 0 Å². The molecule has 0 aliphatic carbocycles. The molecule has 0 amide bonds. The molecule has 0 radical (unpaired) electrons. The lowest BCUT2D eigenvalue weighted by atomic mass is 9.98. The molecule has 1 heterocycles. The van der Waals surface area contributed by atoms with Crippen LogP contribution >= 0.6 is 0 Å². The molecular weight excluding hydrogens is 250 g/mol. The molecule has 0 spiro atoms. The Bertz CT molecular complexity index is 599. The third-order valence-corrected chi connectivity index (χ3v) is 3.61. The van der Waals surface area contributed by atoms with Gasteiger partial charge in [0, 0.05) is 5.69 Å². The average Bonchev–Trinajstić information content (AvgIpc) is 2.46. The molecule has 1 aliphatic rings. The fraction of sp³-hybridized carbons (Fsp3) is 0.294. The van der Waals surface area contributed by atoms with Crippen LogP contribution in [-0.2, 0) is 5.60 Å². The Hall–Kier alpha value is -2.00.